The van der Waals surface area contributed by atoms with E-state index in [-0.39, 0.29) is 17.2 Å². The predicted molar refractivity (Wildman–Crippen MR) is 58.8 cm³/mol. The molecule has 0 bridgehead atoms. The molecular weight excluding hydrogens is 234 g/mol. The summed E-state index contributed by atoms with van der Waals surface area (Å²) in [6.45, 7) is 0. The standard InChI is InChI=1S/C12H13ClF2O/c1-16-8-5-9(14)11(10(15)6-8)12(13)7-3-2-4-7/h5-7,12H,2-4H2,1H3. The summed E-state index contributed by atoms with van der Waals surface area (Å²) in [7, 11) is 1.37. The molecule has 1 fully saturated rings. The van der Waals surface area contributed by atoms with Gasteiger partial charge in [-0.05, 0) is 18.8 Å². The maximum Gasteiger partial charge on any atom is 0.134 e. The maximum atomic E-state index is 13.7. The first-order valence-electron chi connectivity index (χ1n) is 5.30. The summed E-state index contributed by atoms with van der Waals surface area (Å²) in [5, 5.41) is -0.570. The zero-order valence-electron chi connectivity index (χ0n) is 8.97. The zero-order valence-corrected chi connectivity index (χ0v) is 9.73. The Balaban J connectivity index is 2.32. The number of hydrogen-bond donors (Lipinski definition) is 0. The molecule has 0 heterocycles. The van der Waals surface area contributed by atoms with Crippen LogP contribution in [0.2, 0.25) is 0 Å². The van der Waals surface area contributed by atoms with Gasteiger partial charge in [0.1, 0.15) is 17.4 Å². The number of benzene rings is 1. The van der Waals surface area contributed by atoms with Crippen molar-refractivity contribution in [2.24, 2.45) is 5.92 Å². The van der Waals surface area contributed by atoms with E-state index in [1.807, 2.05) is 0 Å². The van der Waals surface area contributed by atoms with Gasteiger partial charge < -0.3 is 4.74 Å². The minimum absolute atomic E-state index is 0.0211. The average Bonchev–Trinajstić information content (AvgIpc) is 2.13. The fraction of sp³-hybridized carbons (Fsp3) is 0.500. The van der Waals surface area contributed by atoms with Gasteiger partial charge in [-0.1, -0.05) is 6.42 Å². The Morgan fingerprint density at radius 1 is 1.31 bits per heavy atom. The minimum Gasteiger partial charge on any atom is -0.497 e. The first kappa shape index (κ1) is 11.6. The highest BCUT2D eigenvalue weighted by Gasteiger charge is 2.31. The van der Waals surface area contributed by atoms with Crippen LogP contribution in [-0.2, 0) is 0 Å². The molecule has 1 nitrogen and oxygen atoms in total. The third kappa shape index (κ3) is 2.01. The van der Waals surface area contributed by atoms with Crippen molar-refractivity contribution in [3.8, 4) is 5.75 Å². The molecule has 0 N–H and O–H groups in total. The van der Waals surface area contributed by atoms with Crippen LogP contribution in [0.5, 0.6) is 5.75 Å². The Bertz CT molecular complexity index is 368. The van der Waals surface area contributed by atoms with Crippen LogP contribution in [0.25, 0.3) is 0 Å². The Hall–Kier alpha value is -0.830. The van der Waals surface area contributed by atoms with Gasteiger partial charge in [-0.25, -0.2) is 8.78 Å². The van der Waals surface area contributed by atoms with E-state index in [0.717, 1.165) is 19.3 Å². The quantitative estimate of drug-likeness (QED) is 0.731. The second-order valence-corrected chi connectivity index (χ2v) is 4.57. The number of halogens is 3. The molecule has 88 valence electrons. The molecule has 1 saturated carbocycles. The van der Waals surface area contributed by atoms with Crippen LogP contribution >= 0.6 is 11.6 Å². The lowest BCUT2D eigenvalue weighted by Gasteiger charge is -2.30. The number of ether oxygens (including phenoxy) is 1. The first-order valence-corrected chi connectivity index (χ1v) is 5.74. The van der Waals surface area contributed by atoms with E-state index in [4.69, 9.17) is 16.3 Å². The molecule has 1 aliphatic carbocycles. The smallest absolute Gasteiger partial charge is 0.134 e. The second-order valence-electron chi connectivity index (χ2n) is 4.10. The normalized spacial score (nSPS) is 18.0. The number of methoxy groups -OCH3 is 1. The molecule has 0 saturated heterocycles. The van der Waals surface area contributed by atoms with E-state index >= 15 is 0 Å². The van der Waals surface area contributed by atoms with Gasteiger partial charge in [0.15, 0.2) is 0 Å². The lowest BCUT2D eigenvalue weighted by Crippen LogP contribution is -2.18. The number of alkyl halides is 1. The Kier molecular flexibility index (Phi) is 3.33. The van der Waals surface area contributed by atoms with Gasteiger partial charge in [-0.3, -0.25) is 0 Å². The summed E-state index contributed by atoms with van der Waals surface area (Å²) in [5.41, 5.74) is -0.0211. The first-order chi connectivity index (χ1) is 7.63. The molecule has 2 rings (SSSR count). The van der Waals surface area contributed by atoms with Gasteiger partial charge in [0.05, 0.1) is 12.5 Å². The van der Waals surface area contributed by atoms with E-state index in [1.54, 1.807) is 0 Å². The molecule has 1 aliphatic rings. The zero-order chi connectivity index (χ0) is 11.7. The molecule has 0 aliphatic heterocycles. The van der Waals surface area contributed by atoms with Crippen molar-refractivity contribution in [3.63, 3.8) is 0 Å². The highest BCUT2D eigenvalue weighted by molar-refractivity contribution is 6.21. The van der Waals surface area contributed by atoms with Crippen molar-refractivity contribution in [2.45, 2.75) is 24.6 Å². The van der Waals surface area contributed by atoms with E-state index in [9.17, 15) is 8.78 Å². The van der Waals surface area contributed by atoms with E-state index in [2.05, 4.69) is 0 Å². The van der Waals surface area contributed by atoms with Crippen LogP contribution in [-0.4, -0.2) is 7.11 Å². The highest BCUT2D eigenvalue weighted by Crippen LogP contribution is 2.43. The summed E-state index contributed by atoms with van der Waals surface area (Å²) in [5.74, 6) is -0.872. The molecule has 4 heteroatoms. The molecule has 16 heavy (non-hydrogen) atoms. The summed E-state index contributed by atoms with van der Waals surface area (Å²) in [4.78, 5) is 0. The van der Waals surface area contributed by atoms with E-state index in [0.29, 0.717) is 0 Å². The predicted octanol–water partition coefficient (Wildman–Crippen LogP) is 4.05. The van der Waals surface area contributed by atoms with Crippen molar-refractivity contribution in [2.75, 3.05) is 7.11 Å². The van der Waals surface area contributed by atoms with E-state index < -0.39 is 17.0 Å². The Morgan fingerprint density at radius 2 is 1.88 bits per heavy atom. The molecule has 0 spiro atoms. The molecule has 1 aromatic rings. The number of rotatable bonds is 3. The molecule has 1 atom stereocenters. The largest absolute Gasteiger partial charge is 0.497 e. The van der Waals surface area contributed by atoms with Crippen molar-refractivity contribution < 1.29 is 13.5 Å². The highest BCUT2D eigenvalue weighted by atomic mass is 35.5. The van der Waals surface area contributed by atoms with Crippen LogP contribution in [0, 0.1) is 17.6 Å². The third-order valence-corrected chi connectivity index (χ3v) is 3.70. The van der Waals surface area contributed by atoms with Crippen molar-refractivity contribution in [1.82, 2.24) is 0 Å². The van der Waals surface area contributed by atoms with Crippen LogP contribution in [0.1, 0.15) is 30.2 Å². The lowest BCUT2D eigenvalue weighted by molar-refractivity contribution is 0.297. The summed E-state index contributed by atoms with van der Waals surface area (Å²) < 4.78 is 32.1. The van der Waals surface area contributed by atoms with E-state index in [1.165, 1.54) is 19.2 Å². The average molecular weight is 247 g/mol. The lowest BCUT2D eigenvalue weighted by atomic mass is 9.80. The topological polar surface area (TPSA) is 9.23 Å². The van der Waals surface area contributed by atoms with Crippen LogP contribution < -0.4 is 4.74 Å². The molecule has 0 radical (unpaired) electrons. The van der Waals surface area contributed by atoms with Crippen LogP contribution in [0.3, 0.4) is 0 Å². The van der Waals surface area contributed by atoms with Crippen LogP contribution in [0.15, 0.2) is 12.1 Å². The van der Waals surface area contributed by atoms with Gasteiger partial charge in [0.2, 0.25) is 0 Å². The fourth-order valence-corrected chi connectivity index (χ4v) is 2.37. The van der Waals surface area contributed by atoms with Gasteiger partial charge in [0, 0.05) is 17.7 Å². The molecule has 1 unspecified atom stereocenters. The third-order valence-electron chi connectivity index (χ3n) is 3.13. The van der Waals surface area contributed by atoms with Gasteiger partial charge >= 0.3 is 0 Å². The summed E-state index contributed by atoms with van der Waals surface area (Å²) in [6.07, 6.45) is 2.98. The minimum atomic E-state index is -0.622. The monoisotopic (exact) mass is 246 g/mol. The summed E-state index contributed by atoms with van der Waals surface area (Å²) in [6, 6.07) is 2.35. The number of hydrogen-bond acceptors (Lipinski definition) is 1. The maximum absolute atomic E-state index is 13.7. The van der Waals surface area contributed by atoms with Gasteiger partial charge in [-0.15, -0.1) is 11.6 Å². The Morgan fingerprint density at radius 3 is 2.25 bits per heavy atom. The van der Waals surface area contributed by atoms with Crippen LogP contribution in [0.4, 0.5) is 8.78 Å². The molecule has 0 aromatic heterocycles. The SMILES string of the molecule is COc1cc(F)c(C(Cl)C2CCC2)c(F)c1. The van der Waals surface area contributed by atoms with Gasteiger partial charge in [0.25, 0.3) is 0 Å². The molecule has 0 amide bonds. The van der Waals surface area contributed by atoms with Crippen molar-refractivity contribution in [1.29, 1.82) is 0 Å². The fourth-order valence-electron chi connectivity index (χ4n) is 1.91. The summed E-state index contributed by atoms with van der Waals surface area (Å²) >= 11 is 6.09. The van der Waals surface area contributed by atoms with Crippen molar-refractivity contribution >= 4 is 11.6 Å². The molecular formula is C12H13ClF2O. The van der Waals surface area contributed by atoms with Gasteiger partial charge in [-0.2, -0.15) is 0 Å². The second kappa shape index (κ2) is 4.58. The Labute approximate surface area is 98.4 Å². The molecule has 1 aromatic carbocycles. The van der Waals surface area contributed by atoms with Crippen molar-refractivity contribution in [3.05, 3.63) is 29.3 Å².